The molecule has 197 valence electrons. The van der Waals surface area contributed by atoms with Crippen molar-refractivity contribution in [3.63, 3.8) is 0 Å². The average Bonchev–Trinajstić information content (AvgIpc) is 2.87. The van der Waals surface area contributed by atoms with E-state index in [9.17, 15) is 14.4 Å². The van der Waals surface area contributed by atoms with E-state index in [0.29, 0.717) is 36.4 Å². The smallest absolute Gasteiger partial charge is 0.187 e. The molecule has 0 heterocycles. The van der Waals surface area contributed by atoms with Gasteiger partial charge in [-0.15, -0.1) is 0 Å². The monoisotopic (exact) mass is 807 g/mol. The van der Waals surface area contributed by atoms with Crippen LogP contribution in [-0.4, -0.2) is 87.4 Å². The second kappa shape index (κ2) is 17.1. The Hall–Kier alpha value is -1.66. The van der Waals surface area contributed by atoms with E-state index in [2.05, 4.69) is 68.6 Å². The van der Waals surface area contributed by atoms with Crippen LogP contribution in [0.15, 0.2) is 103 Å². The first-order chi connectivity index (χ1) is 17.8. The van der Waals surface area contributed by atoms with E-state index >= 15 is 0 Å². The molecule has 0 atom stereocenters. The Morgan fingerprint density at radius 3 is 1.13 bits per heavy atom. The molecular formula is C27H27Br3InN4O3. The van der Waals surface area contributed by atoms with Gasteiger partial charge in [0.2, 0.25) is 0 Å². The van der Waals surface area contributed by atoms with Gasteiger partial charge in [0, 0.05) is 114 Å². The fourth-order valence-corrected chi connectivity index (χ4v) is 4.58. The zero-order valence-electron chi connectivity index (χ0n) is 20.6. The quantitative estimate of drug-likeness (QED) is 0.205. The SMILES string of the molecule is O=C1C=CC(Br)=CC1=CNCCN(CCNC=C1C=C(Br)C=CC1=O)CCNC=C1C=C(Br)C=CC1=O.[In]. The summed E-state index contributed by atoms with van der Waals surface area (Å²) in [6.07, 6.45) is 20.3. The number of nitrogens with zero attached hydrogens (tertiary/aromatic N) is 1. The largest absolute Gasteiger partial charge is 0.389 e. The van der Waals surface area contributed by atoms with Crippen molar-refractivity contribution in [2.45, 2.75) is 0 Å². The number of allylic oxidation sites excluding steroid dienone is 15. The van der Waals surface area contributed by atoms with Crippen LogP contribution in [0.5, 0.6) is 0 Å². The fraction of sp³-hybridized carbons (Fsp3) is 0.222. The van der Waals surface area contributed by atoms with Gasteiger partial charge in [-0.2, -0.15) is 0 Å². The Balaban J connectivity index is 0.00000507. The van der Waals surface area contributed by atoms with Crippen LogP contribution in [-0.2, 0) is 14.4 Å². The topological polar surface area (TPSA) is 90.5 Å². The van der Waals surface area contributed by atoms with Gasteiger partial charge in [0.15, 0.2) is 17.3 Å². The molecular weight excluding hydrogens is 783 g/mol. The minimum absolute atomic E-state index is 0. The summed E-state index contributed by atoms with van der Waals surface area (Å²) in [4.78, 5) is 38.2. The Labute approximate surface area is 266 Å². The van der Waals surface area contributed by atoms with Crippen molar-refractivity contribution in [1.29, 1.82) is 0 Å². The van der Waals surface area contributed by atoms with E-state index in [0.717, 1.165) is 33.1 Å². The van der Waals surface area contributed by atoms with Crippen molar-refractivity contribution in [2.24, 2.45) is 0 Å². The van der Waals surface area contributed by atoms with E-state index in [1.165, 1.54) is 18.2 Å². The first-order valence-electron chi connectivity index (χ1n) is 11.6. The minimum Gasteiger partial charge on any atom is -0.389 e. The number of ketones is 3. The maximum Gasteiger partial charge on any atom is 0.187 e. The summed E-state index contributed by atoms with van der Waals surface area (Å²) >= 11 is 10.2. The molecule has 0 aromatic heterocycles. The molecule has 38 heavy (non-hydrogen) atoms. The summed E-state index contributed by atoms with van der Waals surface area (Å²) in [7, 11) is 0. The third-order valence-corrected chi connectivity index (χ3v) is 6.89. The van der Waals surface area contributed by atoms with Crippen LogP contribution in [0, 0.1) is 0 Å². The van der Waals surface area contributed by atoms with E-state index < -0.39 is 0 Å². The molecule has 0 aromatic rings. The van der Waals surface area contributed by atoms with E-state index in [1.54, 1.807) is 55.1 Å². The molecule has 0 unspecified atom stereocenters. The van der Waals surface area contributed by atoms with Crippen molar-refractivity contribution in [1.82, 2.24) is 20.9 Å². The predicted molar refractivity (Wildman–Crippen MR) is 164 cm³/mol. The standard InChI is InChI=1S/C27H27Br3N4O3.In/c28-22-1-4-25(35)19(13-22)16-31-7-10-34(11-8-32-17-20-14-23(29)2-5-26(20)36)12-9-33-18-21-15-24(30)3-6-27(21)37;/h1-6,13-18,31-33H,7-12H2;. The average molecular weight is 810 g/mol. The van der Waals surface area contributed by atoms with Gasteiger partial charge in [-0.3, -0.25) is 19.3 Å². The summed E-state index contributed by atoms with van der Waals surface area (Å²) in [5.41, 5.74) is 1.79. The second-order valence-corrected chi connectivity index (χ2v) is 10.9. The first-order valence-corrected chi connectivity index (χ1v) is 14.0. The number of carbonyl (C=O) groups excluding carboxylic acids is 3. The molecule has 0 aromatic carbocycles. The maximum absolute atomic E-state index is 12.0. The van der Waals surface area contributed by atoms with Gasteiger partial charge in [-0.1, -0.05) is 47.8 Å². The molecule has 3 radical (unpaired) electrons. The van der Waals surface area contributed by atoms with Crippen LogP contribution in [0.25, 0.3) is 0 Å². The van der Waals surface area contributed by atoms with Crippen molar-refractivity contribution >= 4 is 91.0 Å². The van der Waals surface area contributed by atoms with Crippen molar-refractivity contribution in [3.8, 4) is 0 Å². The molecule has 0 bridgehead atoms. The van der Waals surface area contributed by atoms with Crippen LogP contribution in [0.2, 0.25) is 0 Å². The second-order valence-electron chi connectivity index (χ2n) is 8.18. The molecule has 0 saturated carbocycles. The molecule has 3 rings (SSSR count). The molecule has 11 heteroatoms. The molecule has 7 nitrogen and oxygen atoms in total. The van der Waals surface area contributed by atoms with E-state index in [1.807, 2.05) is 0 Å². The van der Waals surface area contributed by atoms with E-state index in [4.69, 9.17) is 0 Å². The number of rotatable bonds is 12. The number of halogens is 3. The zero-order chi connectivity index (χ0) is 26.6. The minimum atomic E-state index is -0.0392. The van der Waals surface area contributed by atoms with Gasteiger partial charge in [0.05, 0.1) is 0 Å². The Kier molecular flexibility index (Phi) is 14.7. The van der Waals surface area contributed by atoms with Crippen LogP contribution in [0.1, 0.15) is 0 Å². The number of nitrogens with one attached hydrogen (secondary N) is 3. The molecule has 0 spiro atoms. The summed E-state index contributed by atoms with van der Waals surface area (Å²) in [5.74, 6) is -0.118. The van der Waals surface area contributed by atoms with Crippen LogP contribution >= 0.6 is 47.8 Å². The third-order valence-electron chi connectivity index (χ3n) is 5.41. The van der Waals surface area contributed by atoms with Crippen LogP contribution < -0.4 is 16.0 Å². The van der Waals surface area contributed by atoms with Crippen LogP contribution in [0.3, 0.4) is 0 Å². The molecule has 0 aliphatic heterocycles. The summed E-state index contributed by atoms with van der Waals surface area (Å²) < 4.78 is 2.55. The van der Waals surface area contributed by atoms with Gasteiger partial charge in [-0.05, 0) is 54.7 Å². The first kappa shape index (κ1) is 32.6. The van der Waals surface area contributed by atoms with Crippen LogP contribution in [0.4, 0.5) is 0 Å². The fourth-order valence-electron chi connectivity index (χ4n) is 3.45. The van der Waals surface area contributed by atoms with Gasteiger partial charge >= 0.3 is 0 Å². The molecule has 0 fully saturated rings. The van der Waals surface area contributed by atoms with Gasteiger partial charge in [-0.25, -0.2) is 0 Å². The Morgan fingerprint density at radius 2 is 0.842 bits per heavy atom. The number of hydrogen-bond donors (Lipinski definition) is 3. The van der Waals surface area contributed by atoms with Crippen molar-refractivity contribution in [2.75, 3.05) is 39.3 Å². The molecule has 3 N–H and O–H groups in total. The maximum atomic E-state index is 12.0. The van der Waals surface area contributed by atoms with E-state index in [-0.39, 0.29) is 43.2 Å². The van der Waals surface area contributed by atoms with Gasteiger partial charge < -0.3 is 16.0 Å². The summed E-state index contributed by atoms with van der Waals surface area (Å²) in [6.45, 7) is 4.13. The predicted octanol–water partition coefficient (Wildman–Crippen LogP) is 3.58. The molecule has 3 aliphatic rings. The molecule has 0 saturated heterocycles. The van der Waals surface area contributed by atoms with Crippen molar-refractivity contribution in [3.05, 3.63) is 103 Å². The number of hydrogen-bond acceptors (Lipinski definition) is 7. The van der Waals surface area contributed by atoms with Gasteiger partial charge in [0.25, 0.3) is 0 Å². The molecule has 3 aliphatic carbocycles. The summed E-state index contributed by atoms with van der Waals surface area (Å²) in [6, 6.07) is 0. The summed E-state index contributed by atoms with van der Waals surface area (Å²) in [5, 5.41) is 9.67. The third kappa shape index (κ3) is 11.2. The van der Waals surface area contributed by atoms with Gasteiger partial charge in [0.1, 0.15) is 0 Å². The Morgan fingerprint density at radius 1 is 0.553 bits per heavy atom. The Bertz CT molecular complexity index is 1060. The molecule has 0 amide bonds. The normalized spacial score (nSPS) is 20.1. The van der Waals surface area contributed by atoms with Crippen molar-refractivity contribution < 1.29 is 14.4 Å². The zero-order valence-corrected chi connectivity index (χ0v) is 28.6. The number of carbonyl (C=O) groups is 3.